The lowest BCUT2D eigenvalue weighted by atomic mass is 10.3. The summed E-state index contributed by atoms with van der Waals surface area (Å²) in [6.07, 6.45) is 0. The van der Waals surface area contributed by atoms with Crippen LogP contribution in [-0.2, 0) is 17.9 Å². The second-order valence-electron chi connectivity index (χ2n) is 4.71. The Labute approximate surface area is 138 Å². The fourth-order valence-electron chi connectivity index (χ4n) is 1.99. The van der Waals surface area contributed by atoms with Gasteiger partial charge in [-0.05, 0) is 29.8 Å². The first kappa shape index (κ1) is 16.7. The minimum Gasteiger partial charge on any atom is -0.338 e. The van der Waals surface area contributed by atoms with Crippen LogP contribution in [0.1, 0.15) is 16.7 Å². The van der Waals surface area contributed by atoms with E-state index in [0.29, 0.717) is 19.6 Å². The minimum absolute atomic E-state index is 0.187. The van der Waals surface area contributed by atoms with Crippen LogP contribution in [0.5, 0.6) is 0 Å². The van der Waals surface area contributed by atoms with Crippen LogP contribution < -0.4 is 10.6 Å². The maximum Gasteiger partial charge on any atom is 0.321 e. The highest BCUT2D eigenvalue weighted by Crippen LogP contribution is 2.16. The lowest BCUT2D eigenvalue weighted by Gasteiger charge is -2.20. The Balaban J connectivity index is 1.94. The van der Waals surface area contributed by atoms with Crippen molar-refractivity contribution in [2.45, 2.75) is 20.0 Å². The second kappa shape index (κ2) is 8.67. The molecule has 2 rings (SSSR count). The topological polar surface area (TPSA) is 61.4 Å². The maximum absolute atomic E-state index is 12.0. The summed E-state index contributed by atoms with van der Waals surface area (Å²) in [5, 5.41) is 8.94. The molecule has 0 bridgehead atoms. The highest BCUT2D eigenvalue weighted by Gasteiger charge is 2.15. The highest BCUT2D eigenvalue weighted by atomic mass is 32.1. The summed E-state index contributed by atoms with van der Waals surface area (Å²) in [6.45, 7) is 3.88. The summed E-state index contributed by atoms with van der Waals surface area (Å²) in [4.78, 5) is 27.8. The molecule has 3 amide bonds. The van der Waals surface area contributed by atoms with E-state index in [-0.39, 0.29) is 12.5 Å². The third kappa shape index (κ3) is 5.59. The van der Waals surface area contributed by atoms with Crippen molar-refractivity contribution in [2.24, 2.45) is 0 Å². The summed E-state index contributed by atoms with van der Waals surface area (Å²) in [5.41, 5.74) is 0. The van der Waals surface area contributed by atoms with E-state index in [2.05, 4.69) is 10.6 Å². The summed E-state index contributed by atoms with van der Waals surface area (Å²) in [6, 6.07) is 7.65. The van der Waals surface area contributed by atoms with E-state index in [0.717, 1.165) is 0 Å². The zero-order valence-corrected chi connectivity index (χ0v) is 14.0. The molecular weight excluding hydrogens is 318 g/mol. The monoisotopic (exact) mass is 337 g/mol. The van der Waals surface area contributed by atoms with E-state index in [9.17, 15) is 9.59 Å². The van der Waals surface area contributed by atoms with Crippen molar-refractivity contribution in [1.29, 1.82) is 0 Å². The molecule has 0 aliphatic carbocycles. The Bertz CT molecular complexity index is 546. The molecule has 0 saturated heterocycles. The average molecular weight is 337 g/mol. The van der Waals surface area contributed by atoms with E-state index < -0.39 is 6.03 Å². The summed E-state index contributed by atoms with van der Waals surface area (Å²) < 4.78 is 0. The lowest BCUT2D eigenvalue weighted by Crippen LogP contribution is -2.44. The number of nitrogens with zero attached hydrogens (tertiary/aromatic N) is 1. The van der Waals surface area contributed by atoms with Crippen LogP contribution in [-0.4, -0.2) is 29.9 Å². The smallest absolute Gasteiger partial charge is 0.321 e. The Morgan fingerprint density at radius 2 is 1.68 bits per heavy atom. The van der Waals surface area contributed by atoms with Gasteiger partial charge in [0.05, 0.1) is 6.54 Å². The molecule has 7 heteroatoms. The molecule has 0 radical (unpaired) electrons. The largest absolute Gasteiger partial charge is 0.338 e. The molecule has 22 heavy (non-hydrogen) atoms. The molecule has 0 saturated carbocycles. The number of urea groups is 1. The Kier molecular flexibility index (Phi) is 6.57. The van der Waals surface area contributed by atoms with Gasteiger partial charge in [-0.15, -0.1) is 22.7 Å². The number of hydrogen-bond acceptors (Lipinski definition) is 5. The van der Waals surface area contributed by atoms with Crippen molar-refractivity contribution in [3.05, 3.63) is 44.8 Å². The van der Waals surface area contributed by atoms with Gasteiger partial charge in [0.15, 0.2) is 0 Å². The second-order valence-corrected chi connectivity index (χ2v) is 6.78. The fourth-order valence-corrected chi connectivity index (χ4v) is 3.48. The maximum atomic E-state index is 12.0. The predicted octanol–water partition coefficient (Wildman–Crippen LogP) is 2.66. The first-order chi connectivity index (χ1) is 10.7. The standard InChI is InChI=1S/C15H19N3O2S2/c1-2-16-15(20)17-14(19)11-18(9-12-5-3-7-21-12)10-13-6-4-8-22-13/h3-8H,2,9-11H2,1H3,(H2,16,17,19,20). The Morgan fingerprint density at radius 3 is 2.14 bits per heavy atom. The summed E-state index contributed by atoms with van der Waals surface area (Å²) in [5.74, 6) is -0.293. The number of nitrogens with one attached hydrogen (secondary N) is 2. The third-order valence-electron chi connectivity index (χ3n) is 2.88. The van der Waals surface area contributed by atoms with E-state index in [4.69, 9.17) is 0 Å². The van der Waals surface area contributed by atoms with Crippen LogP contribution in [0.25, 0.3) is 0 Å². The molecule has 2 N–H and O–H groups in total. The van der Waals surface area contributed by atoms with E-state index in [1.807, 2.05) is 46.8 Å². The van der Waals surface area contributed by atoms with Gasteiger partial charge in [-0.1, -0.05) is 12.1 Å². The molecule has 2 heterocycles. The fraction of sp³-hybridized carbons (Fsp3) is 0.333. The first-order valence-electron chi connectivity index (χ1n) is 7.02. The van der Waals surface area contributed by atoms with Crippen LogP contribution in [0.4, 0.5) is 4.79 Å². The van der Waals surface area contributed by atoms with E-state index >= 15 is 0 Å². The molecule has 0 aromatic carbocycles. The molecule has 0 aliphatic heterocycles. The summed E-state index contributed by atoms with van der Waals surface area (Å²) >= 11 is 3.33. The number of hydrogen-bond donors (Lipinski definition) is 2. The zero-order chi connectivity index (χ0) is 15.8. The van der Waals surface area contributed by atoms with Crippen LogP contribution in [0.2, 0.25) is 0 Å². The van der Waals surface area contributed by atoms with Gasteiger partial charge in [-0.25, -0.2) is 4.79 Å². The van der Waals surface area contributed by atoms with E-state index in [1.54, 1.807) is 22.7 Å². The molecule has 5 nitrogen and oxygen atoms in total. The number of imide groups is 1. The molecule has 0 unspecified atom stereocenters. The van der Waals surface area contributed by atoms with Crippen molar-refractivity contribution < 1.29 is 9.59 Å². The van der Waals surface area contributed by atoms with Crippen LogP contribution in [0.3, 0.4) is 0 Å². The van der Waals surface area contributed by atoms with Gasteiger partial charge in [0.25, 0.3) is 0 Å². The molecule has 0 aliphatic rings. The van der Waals surface area contributed by atoms with E-state index in [1.165, 1.54) is 9.75 Å². The molecule has 2 aromatic rings. The Hall–Kier alpha value is -1.70. The van der Waals surface area contributed by atoms with Gasteiger partial charge >= 0.3 is 6.03 Å². The Morgan fingerprint density at radius 1 is 1.09 bits per heavy atom. The predicted molar refractivity (Wildman–Crippen MR) is 90.0 cm³/mol. The average Bonchev–Trinajstić information content (AvgIpc) is 3.12. The number of amides is 3. The van der Waals surface area contributed by atoms with Crippen molar-refractivity contribution in [3.63, 3.8) is 0 Å². The minimum atomic E-state index is -0.445. The van der Waals surface area contributed by atoms with Crippen molar-refractivity contribution >= 4 is 34.6 Å². The molecule has 0 fully saturated rings. The quantitative estimate of drug-likeness (QED) is 0.816. The normalized spacial score (nSPS) is 10.6. The van der Waals surface area contributed by atoms with Crippen molar-refractivity contribution in [2.75, 3.05) is 13.1 Å². The van der Waals surface area contributed by atoms with Gasteiger partial charge in [-0.2, -0.15) is 0 Å². The lowest BCUT2D eigenvalue weighted by molar-refractivity contribution is -0.121. The molecule has 0 atom stereocenters. The van der Waals surface area contributed by atoms with Gasteiger partial charge in [0, 0.05) is 29.4 Å². The van der Waals surface area contributed by atoms with Crippen molar-refractivity contribution in [1.82, 2.24) is 15.5 Å². The van der Waals surface area contributed by atoms with Gasteiger partial charge in [-0.3, -0.25) is 15.0 Å². The highest BCUT2D eigenvalue weighted by molar-refractivity contribution is 7.10. The van der Waals surface area contributed by atoms with Crippen molar-refractivity contribution in [3.8, 4) is 0 Å². The zero-order valence-electron chi connectivity index (χ0n) is 12.4. The molecular formula is C15H19N3O2S2. The van der Waals surface area contributed by atoms with Crippen LogP contribution in [0, 0.1) is 0 Å². The molecule has 118 valence electrons. The van der Waals surface area contributed by atoms with Crippen LogP contribution in [0.15, 0.2) is 35.0 Å². The third-order valence-corrected chi connectivity index (χ3v) is 4.60. The summed E-state index contributed by atoms with van der Waals surface area (Å²) in [7, 11) is 0. The number of rotatable bonds is 7. The van der Waals surface area contributed by atoms with Gasteiger partial charge < -0.3 is 5.32 Å². The number of carbonyl (C=O) groups is 2. The van der Waals surface area contributed by atoms with Crippen LogP contribution >= 0.6 is 22.7 Å². The molecule has 0 spiro atoms. The number of carbonyl (C=O) groups excluding carboxylic acids is 2. The SMILES string of the molecule is CCNC(=O)NC(=O)CN(Cc1cccs1)Cc1cccs1. The van der Waals surface area contributed by atoms with Gasteiger partial charge in [0.2, 0.25) is 5.91 Å². The molecule has 2 aromatic heterocycles. The first-order valence-corrected chi connectivity index (χ1v) is 8.78. The number of thiophene rings is 2. The van der Waals surface area contributed by atoms with Gasteiger partial charge in [0.1, 0.15) is 0 Å².